The Balaban J connectivity index is 1.58. The number of nitrogens with zero attached hydrogens (tertiary/aromatic N) is 3. The Morgan fingerprint density at radius 3 is 2.67 bits per heavy atom. The van der Waals surface area contributed by atoms with Crippen molar-refractivity contribution in [2.45, 2.75) is 52.6 Å². The van der Waals surface area contributed by atoms with Crippen molar-refractivity contribution < 1.29 is 23.1 Å². The summed E-state index contributed by atoms with van der Waals surface area (Å²) in [4.78, 5) is 18.6. The molecule has 3 aromatic rings. The number of likely N-dealkylation sites (tertiary alicyclic amines) is 1. The van der Waals surface area contributed by atoms with Crippen LogP contribution in [0.2, 0.25) is 5.02 Å². The van der Waals surface area contributed by atoms with Gasteiger partial charge in [-0.05, 0) is 46.2 Å². The zero-order chi connectivity index (χ0) is 26.2. The summed E-state index contributed by atoms with van der Waals surface area (Å²) in [5.74, 6) is -3.23. The van der Waals surface area contributed by atoms with Crippen LogP contribution in [0.4, 0.5) is 24.8 Å². The van der Waals surface area contributed by atoms with Crippen molar-refractivity contribution in [2.75, 3.05) is 11.9 Å². The minimum atomic E-state index is -1.32. The van der Waals surface area contributed by atoms with Gasteiger partial charge in [0.25, 0.3) is 0 Å². The molecule has 0 bridgehead atoms. The Morgan fingerprint density at radius 2 is 2.03 bits per heavy atom. The van der Waals surface area contributed by atoms with Crippen LogP contribution in [0.15, 0.2) is 24.3 Å². The van der Waals surface area contributed by atoms with E-state index < -0.39 is 28.8 Å². The van der Waals surface area contributed by atoms with Gasteiger partial charge in [-0.3, -0.25) is 14.8 Å². The van der Waals surface area contributed by atoms with Gasteiger partial charge in [0.15, 0.2) is 23.3 Å². The standard InChI is InChI=1S/C25H27ClF3N5O2/c1-13-9-19(33-32-13)31-23-21(28)15(3)20(27)18(30-23)11-25(24(35)36)7-8-34(14(2)10-25)12-16-5-4-6-17(26)22(16)29/h4-6,9,14H,7-8,10-12H2,1-3H3,(H,35,36)(H2,30,31,32,33)/t14-,25-/m1/s1. The number of pyridine rings is 1. The first kappa shape index (κ1) is 26.0. The summed E-state index contributed by atoms with van der Waals surface area (Å²) < 4.78 is 44.3. The molecule has 192 valence electrons. The highest BCUT2D eigenvalue weighted by Gasteiger charge is 2.45. The first-order valence-electron chi connectivity index (χ1n) is 11.5. The zero-order valence-corrected chi connectivity index (χ0v) is 20.9. The van der Waals surface area contributed by atoms with E-state index in [-0.39, 0.29) is 53.9 Å². The molecule has 0 saturated carbocycles. The number of aromatic nitrogens is 3. The maximum Gasteiger partial charge on any atom is 0.310 e. The molecule has 1 aliphatic heterocycles. The third-order valence-electron chi connectivity index (χ3n) is 6.87. The molecule has 11 heteroatoms. The number of aryl methyl sites for hydroxylation is 1. The van der Waals surface area contributed by atoms with Gasteiger partial charge in [-0.1, -0.05) is 23.7 Å². The van der Waals surface area contributed by atoms with Crippen molar-refractivity contribution in [2.24, 2.45) is 5.41 Å². The molecule has 4 rings (SSSR count). The molecule has 1 aromatic carbocycles. The van der Waals surface area contributed by atoms with Crippen LogP contribution in [-0.2, 0) is 17.8 Å². The van der Waals surface area contributed by atoms with E-state index in [1.807, 2.05) is 11.8 Å². The summed E-state index contributed by atoms with van der Waals surface area (Å²) in [6.45, 7) is 5.52. The monoisotopic (exact) mass is 521 g/mol. The molecule has 36 heavy (non-hydrogen) atoms. The Morgan fingerprint density at radius 1 is 1.28 bits per heavy atom. The van der Waals surface area contributed by atoms with E-state index in [1.54, 1.807) is 25.1 Å². The lowest BCUT2D eigenvalue weighted by Gasteiger charge is -2.43. The molecule has 0 unspecified atom stereocenters. The third-order valence-corrected chi connectivity index (χ3v) is 7.16. The fourth-order valence-electron chi connectivity index (χ4n) is 4.78. The largest absolute Gasteiger partial charge is 0.481 e. The number of H-pyrrole nitrogens is 1. The van der Waals surface area contributed by atoms with Crippen LogP contribution < -0.4 is 5.32 Å². The predicted molar refractivity (Wildman–Crippen MR) is 130 cm³/mol. The zero-order valence-electron chi connectivity index (χ0n) is 20.1. The Hall–Kier alpha value is -3.11. The van der Waals surface area contributed by atoms with Crippen LogP contribution >= 0.6 is 11.6 Å². The fraction of sp³-hybridized carbons (Fsp3) is 0.400. The van der Waals surface area contributed by atoms with Crippen LogP contribution in [0.3, 0.4) is 0 Å². The van der Waals surface area contributed by atoms with Gasteiger partial charge in [-0.25, -0.2) is 18.2 Å². The molecule has 1 aliphatic rings. The predicted octanol–water partition coefficient (Wildman–Crippen LogP) is 5.53. The molecular weight excluding hydrogens is 495 g/mol. The highest BCUT2D eigenvalue weighted by Crippen LogP contribution is 2.40. The van der Waals surface area contributed by atoms with Crippen LogP contribution in [0.25, 0.3) is 0 Å². The van der Waals surface area contributed by atoms with E-state index in [0.717, 1.165) is 5.69 Å². The number of aromatic amines is 1. The van der Waals surface area contributed by atoms with Gasteiger partial charge in [0, 0.05) is 41.9 Å². The van der Waals surface area contributed by atoms with E-state index in [0.29, 0.717) is 17.9 Å². The number of benzene rings is 1. The highest BCUT2D eigenvalue weighted by atomic mass is 35.5. The van der Waals surface area contributed by atoms with E-state index >= 15 is 4.39 Å². The lowest BCUT2D eigenvalue weighted by atomic mass is 9.72. The van der Waals surface area contributed by atoms with E-state index in [2.05, 4.69) is 20.5 Å². The summed E-state index contributed by atoms with van der Waals surface area (Å²) in [6, 6.07) is 6.17. The number of carboxylic acids is 1. The number of anilines is 2. The number of rotatable bonds is 7. The van der Waals surface area contributed by atoms with Crippen molar-refractivity contribution in [1.82, 2.24) is 20.1 Å². The van der Waals surface area contributed by atoms with Gasteiger partial charge in [0.2, 0.25) is 0 Å². The van der Waals surface area contributed by atoms with E-state index in [4.69, 9.17) is 11.6 Å². The average molecular weight is 522 g/mol. The number of halogens is 4. The summed E-state index contributed by atoms with van der Waals surface area (Å²) >= 11 is 5.90. The number of nitrogens with one attached hydrogen (secondary N) is 2. The second-order valence-corrected chi connectivity index (χ2v) is 9.88. The molecule has 3 N–H and O–H groups in total. The second kappa shape index (κ2) is 10.1. The molecule has 7 nitrogen and oxygen atoms in total. The molecule has 2 atom stereocenters. The maximum absolute atomic E-state index is 15.1. The quantitative estimate of drug-likeness (QED) is 0.378. The second-order valence-electron chi connectivity index (χ2n) is 9.47. The summed E-state index contributed by atoms with van der Waals surface area (Å²) in [5.41, 5.74) is -0.547. The molecule has 0 radical (unpaired) electrons. The Bertz CT molecular complexity index is 1300. The minimum absolute atomic E-state index is 0.0275. The van der Waals surface area contributed by atoms with Crippen molar-refractivity contribution in [3.63, 3.8) is 0 Å². The van der Waals surface area contributed by atoms with Gasteiger partial charge in [0.1, 0.15) is 5.82 Å². The molecule has 1 fully saturated rings. The van der Waals surface area contributed by atoms with Gasteiger partial charge in [-0.2, -0.15) is 5.10 Å². The van der Waals surface area contributed by atoms with Crippen LogP contribution in [0.1, 0.15) is 42.3 Å². The highest BCUT2D eigenvalue weighted by molar-refractivity contribution is 6.30. The van der Waals surface area contributed by atoms with E-state index in [9.17, 15) is 18.7 Å². The minimum Gasteiger partial charge on any atom is -0.481 e. The fourth-order valence-corrected chi connectivity index (χ4v) is 4.97. The Labute approximate surface area is 211 Å². The lowest BCUT2D eigenvalue weighted by molar-refractivity contribution is -0.153. The maximum atomic E-state index is 15.1. The summed E-state index contributed by atoms with van der Waals surface area (Å²) in [7, 11) is 0. The molecule has 0 aliphatic carbocycles. The van der Waals surface area contributed by atoms with Crippen LogP contribution in [0, 0.1) is 36.7 Å². The number of aliphatic carboxylic acids is 1. The van der Waals surface area contributed by atoms with Crippen molar-refractivity contribution in [3.8, 4) is 0 Å². The molecule has 0 spiro atoms. The smallest absolute Gasteiger partial charge is 0.310 e. The van der Waals surface area contributed by atoms with Crippen LogP contribution in [-0.4, -0.2) is 43.7 Å². The normalized spacial score (nSPS) is 20.5. The average Bonchev–Trinajstić information content (AvgIpc) is 3.24. The number of carbonyl (C=O) groups is 1. The molecule has 3 heterocycles. The summed E-state index contributed by atoms with van der Waals surface area (Å²) in [5, 5.41) is 19.7. The lowest BCUT2D eigenvalue weighted by Crippen LogP contribution is -2.50. The SMILES string of the molecule is Cc1cc(Nc2nc(C[C@@]3(C(=O)O)CCN(Cc4cccc(Cl)c4F)[C@H](C)C3)c(F)c(C)c2F)n[nH]1. The van der Waals surface area contributed by atoms with E-state index in [1.165, 1.54) is 13.0 Å². The number of hydrogen-bond acceptors (Lipinski definition) is 5. The first-order chi connectivity index (χ1) is 17.0. The number of piperidine rings is 1. The topological polar surface area (TPSA) is 94.1 Å². The molecule has 0 amide bonds. The van der Waals surface area contributed by atoms with Gasteiger partial charge in [-0.15, -0.1) is 0 Å². The molecule has 1 saturated heterocycles. The third kappa shape index (κ3) is 5.05. The number of carboxylic acid groups (broad SMARTS) is 1. The van der Waals surface area contributed by atoms with Gasteiger partial charge in [0.05, 0.1) is 16.1 Å². The number of hydrogen-bond donors (Lipinski definition) is 3. The van der Waals surface area contributed by atoms with Gasteiger partial charge >= 0.3 is 5.97 Å². The van der Waals surface area contributed by atoms with Gasteiger partial charge < -0.3 is 10.4 Å². The van der Waals surface area contributed by atoms with Crippen molar-refractivity contribution in [1.29, 1.82) is 0 Å². The molecular formula is C25H27ClF3N5O2. The molecule has 2 aromatic heterocycles. The van der Waals surface area contributed by atoms with Crippen LogP contribution in [0.5, 0.6) is 0 Å². The summed E-state index contributed by atoms with van der Waals surface area (Å²) in [6.07, 6.45) is 0.157. The Kier molecular flexibility index (Phi) is 7.28. The van der Waals surface area contributed by atoms with Crippen molar-refractivity contribution >= 4 is 29.2 Å². The van der Waals surface area contributed by atoms with Crippen molar-refractivity contribution in [3.05, 3.63) is 69.3 Å². The first-order valence-corrected chi connectivity index (χ1v) is 11.9.